The Morgan fingerprint density at radius 3 is 2.77 bits per heavy atom. The van der Waals surface area contributed by atoms with Crippen LogP contribution in [0.2, 0.25) is 0 Å². The number of nitrogens with one attached hydrogen (secondary N) is 1. The normalized spacial score (nSPS) is 16.8. The van der Waals surface area contributed by atoms with E-state index in [1.165, 1.54) is 15.6 Å². The second-order valence-corrected chi connectivity index (χ2v) is 9.22. The van der Waals surface area contributed by atoms with Crippen molar-refractivity contribution in [3.63, 3.8) is 0 Å². The Morgan fingerprint density at radius 2 is 2.04 bits per heavy atom. The fourth-order valence-corrected chi connectivity index (χ4v) is 5.73. The van der Waals surface area contributed by atoms with E-state index in [1.807, 2.05) is 0 Å². The van der Waals surface area contributed by atoms with Gasteiger partial charge in [0.1, 0.15) is 15.9 Å². The Bertz CT molecular complexity index is 1020. The summed E-state index contributed by atoms with van der Waals surface area (Å²) in [5.74, 6) is -0.329. The Kier molecular flexibility index (Phi) is 4.69. The van der Waals surface area contributed by atoms with Crippen LogP contribution in [0.1, 0.15) is 12.8 Å². The molecule has 4 rings (SSSR count). The average molecular weight is 410 g/mol. The van der Waals surface area contributed by atoms with Crippen molar-refractivity contribution in [2.24, 2.45) is 5.92 Å². The standard InChI is InChI=1S/C15H15N5O3S3/c21-14(17-15-16-6-9-24-15)10-4-7-20(8-5-10)26(22,23)12-3-1-2-11-13(12)19-25-18-11/h1-3,6,9-10H,4-5,7-8H2,(H,16,17,21). The van der Waals surface area contributed by atoms with Crippen LogP contribution in [-0.2, 0) is 14.8 Å². The van der Waals surface area contributed by atoms with Gasteiger partial charge in [-0.2, -0.15) is 13.1 Å². The number of hydrogen-bond acceptors (Lipinski definition) is 8. The molecule has 3 heterocycles. The number of fused-ring (bicyclic) bond motifs is 1. The van der Waals surface area contributed by atoms with Gasteiger partial charge in [0.15, 0.2) is 5.13 Å². The van der Waals surface area contributed by atoms with Gasteiger partial charge in [-0.1, -0.05) is 6.07 Å². The number of anilines is 1. The van der Waals surface area contributed by atoms with Gasteiger partial charge in [0.2, 0.25) is 15.9 Å². The molecule has 0 radical (unpaired) electrons. The van der Waals surface area contributed by atoms with Crippen LogP contribution in [0.25, 0.3) is 11.0 Å². The number of carbonyl (C=O) groups excluding carboxylic acids is 1. The molecule has 2 aromatic heterocycles. The maximum atomic E-state index is 13.0. The molecule has 0 spiro atoms. The predicted molar refractivity (Wildman–Crippen MR) is 99.6 cm³/mol. The van der Waals surface area contributed by atoms with Crippen LogP contribution in [0.5, 0.6) is 0 Å². The smallest absolute Gasteiger partial charge is 0.245 e. The van der Waals surface area contributed by atoms with Gasteiger partial charge in [-0.25, -0.2) is 13.4 Å². The van der Waals surface area contributed by atoms with E-state index in [1.54, 1.807) is 29.8 Å². The highest BCUT2D eigenvalue weighted by Gasteiger charge is 2.33. The molecule has 8 nitrogen and oxygen atoms in total. The molecule has 1 aromatic carbocycles. The summed E-state index contributed by atoms with van der Waals surface area (Å²) >= 11 is 2.35. The lowest BCUT2D eigenvalue weighted by atomic mass is 9.97. The minimum absolute atomic E-state index is 0.109. The Labute approximate surface area is 158 Å². The van der Waals surface area contributed by atoms with Crippen LogP contribution >= 0.6 is 23.1 Å². The maximum Gasteiger partial charge on any atom is 0.245 e. The van der Waals surface area contributed by atoms with Crippen molar-refractivity contribution >= 4 is 55.2 Å². The molecule has 0 aliphatic carbocycles. The van der Waals surface area contributed by atoms with Crippen LogP contribution in [0.3, 0.4) is 0 Å². The zero-order valence-corrected chi connectivity index (χ0v) is 16.0. The first-order valence-electron chi connectivity index (χ1n) is 7.97. The van der Waals surface area contributed by atoms with Crippen molar-refractivity contribution in [3.8, 4) is 0 Å². The van der Waals surface area contributed by atoms with Crippen LogP contribution in [0.4, 0.5) is 5.13 Å². The fraction of sp³-hybridized carbons (Fsp3) is 0.333. The minimum atomic E-state index is -3.66. The lowest BCUT2D eigenvalue weighted by molar-refractivity contribution is -0.120. The summed E-state index contributed by atoms with van der Waals surface area (Å²) in [7, 11) is -3.66. The lowest BCUT2D eigenvalue weighted by Gasteiger charge is -2.30. The van der Waals surface area contributed by atoms with Gasteiger partial charge in [0.05, 0.1) is 11.7 Å². The summed E-state index contributed by atoms with van der Waals surface area (Å²) in [4.78, 5) is 16.5. The van der Waals surface area contributed by atoms with E-state index in [2.05, 4.69) is 19.0 Å². The van der Waals surface area contributed by atoms with Gasteiger partial charge < -0.3 is 5.32 Å². The van der Waals surface area contributed by atoms with E-state index in [0.29, 0.717) is 42.1 Å². The van der Waals surface area contributed by atoms with Crippen LogP contribution in [0.15, 0.2) is 34.7 Å². The number of piperidine rings is 1. The molecule has 1 aliphatic rings. The number of thiazole rings is 1. The first-order chi connectivity index (χ1) is 12.6. The summed E-state index contributed by atoms with van der Waals surface area (Å²) in [6.07, 6.45) is 2.58. The number of sulfonamides is 1. The quantitative estimate of drug-likeness (QED) is 0.708. The van der Waals surface area contributed by atoms with Crippen molar-refractivity contribution < 1.29 is 13.2 Å². The van der Waals surface area contributed by atoms with Crippen molar-refractivity contribution in [1.82, 2.24) is 18.0 Å². The van der Waals surface area contributed by atoms with Crippen LogP contribution in [-0.4, -0.2) is 45.5 Å². The second kappa shape index (κ2) is 6.99. The molecule has 0 unspecified atom stereocenters. The molecule has 11 heteroatoms. The molecule has 136 valence electrons. The van der Waals surface area contributed by atoms with Crippen LogP contribution < -0.4 is 5.32 Å². The molecule has 1 amide bonds. The van der Waals surface area contributed by atoms with E-state index in [-0.39, 0.29) is 16.7 Å². The number of amides is 1. The third-order valence-electron chi connectivity index (χ3n) is 4.35. The Morgan fingerprint density at radius 1 is 1.23 bits per heavy atom. The highest BCUT2D eigenvalue weighted by Crippen LogP contribution is 2.28. The first-order valence-corrected chi connectivity index (χ1v) is 11.0. The van der Waals surface area contributed by atoms with Gasteiger partial charge >= 0.3 is 0 Å². The molecule has 1 fully saturated rings. The minimum Gasteiger partial charge on any atom is -0.302 e. The zero-order valence-electron chi connectivity index (χ0n) is 13.5. The first kappa shape index (κ1) is 17.5. The number of rotatable bonds is 4. The number of nitrogens with zero attached hydrogens (tertiary/aromatic N) is 4. The van der Waals surface area contributed by atoms with Gasteiger partial charge in [0, 0.05) is 30.6 Å². The molecule has 0 saturated carbocycles. The number of benzene rings is 1. The topological polar surface area (TPSA) is 105 Å². The number of carbonyl (C=O) groups is 1. The third-order valence-corrected chi connectivity index (χ3v) is 7.52. The van der Waals surface area contributed by atoms with Gasteiger partial charge in [-0.05, 0) is 25.0 Å². The predicted octanol–water partition coefficient (Wildman–Crippen LogP) is 2.19. The molecular weight excluding hydrogens is 394 g/mol. The van der Waals surface area contributed by atoms with Crippen molar-refractivity contribution in [2.45, 2.75) is 17.7 Å². The summed E-state index contributed by atoms with van der Waals surface area (Å²) in [5, 5.41) is 5.13. The Balaban J connectivity index is 1.47. The van der Waals surface area contributed by atoms with E-state index in [0.717, 1.165) is 11.7 Å². The summed E-state index contributed by atoms with van der Waals surface area (Å²) in [5.41, 5.74) is 0.981. The monoisotopic (exact) mass is 409 g/mol. The maximum absolute atomic E-state index is 13.0. The van der Waals surface area contributed by atoms with E-state index in [4.69, 9.17) is 0 Å². The Hall–Kier alpha value is -1.95. The summed E-state index contributed by atoms with van der Waals surface area (Å²) < 4.78 is 35.6. The van der Waals surface area contributed by atoms with Gasteiger partial charge in [-0.15, -0.1) is 11.3 Å². The van der Waals surface area contributed by atoms with E-state index in [9.17, 15) is 13.2 Å². The third kappa shape index (κ3) is 3.22. The van der Waals surface area contributed by atoms with Crippen molar-refractivity contribution in [2.75, 3.05) is 18.4 Å². The number of hydrogen-bond donors (Lipinski definition) is 1. The molecule has 1 N–H and O–H groups in total. The summed E-state index contributed by atoms with van der Waals surface area (Å²) in [6, 6.07) is 4.97. The van der Waals surface area contributed by atoms with Gasteiger partial charge in [0.25, 0.3) is 0 Å². The molecule has 1 saturated heterocycles. The van der Waals surface area contributed by atoms with Crippen LogP contribution in [0, 0.1) is 5.92 Å². The van der Waals surface area contributed by atoms with Crippen molar-refractivity contribution in [1.29, 1.82) is 0 Å². The highest BCUT2D eigenvalue weighted by atomic mass is 32.2. The average Bonchev–Trinajstić information content (AvgIpc) is 3.32. The molecule has 1 aliphatic heterocycles. The molecule has 26 heavy (non-hydrogen) atoms. The van der Waals surface area contributed by atoms with E-state index >= 15 is 0 Å². The van der Waals surface area contributed by atoms with Crippen molar-refractivity contribution in [3.05, 3.63) is 29.8 Å². The largest absolute Gasteiger partial charge is 0.302 e. The molecular formula is C15H15N5O3S3. The molecule has 3 aromatic rings. The summed E-state index contributed by atoms with van der Waals surface area (Å²) in [6.45, 7) is 0.596. The molecule has 0 bridgehead atoms. The lowest BCUT2D eigenvalue weighted by Crippen LogP contribution is -2.41. The molecule has 0 atom stereocenters. The zero-order chi connectivity index (χ0) is 18.1. The highest BCUT2D eigenvalue weighted by molar-refractivity contribution is 7.89. The van der Waals surface area contributed by atoms with E-state index < -0.39 is 10.0 Å². The SMILES string of the molecule is O=C(Nc1nccs1)C1CCN(S(=O)(=O)c2cccc3nsnc23)CC1. The fourth-order valence-electron chi connectivity index (χ4n) is 2.98. The second-order valence-electron chi connectivity index (χ2n) is 5.89. The number of aromatic nitrogens is 3. The van der Waals surface area contributed by atoms with Gasteiger partial charge in [-0.3, -0.25) is 4.79 Å².